The summed E-state index contributed by atoms with van der Waals surface area (Å²) in [4.78, 5) is 6.76. The number of hydrogen-bond acceptors (Lipinski definition) is 3. The first-order valence-electron chi connectivity index (χ1n) is 19.4. The van der Waals surface area contributed by atoms with E-state index in [1.807, 2.05) is 30.6 Å². The van der Waals surface area contributed by atoms with Gasteiger partial charge in [-0.05, 0) is 93.0 Å². The molecule has 10 aromatic rings. The van der Waals surface area contributed by atoms with Crippen LogP contribution in [0.2, 0.25) is 0 Å². The third-order valence-corrected chi connectivity index (χ3v) is 11.7. The van der Waals surface area contributed by atoms with Crippen LogP contribution in [-0.4, -0.2) is 4.98 Å². The van der Waals surface area contributed by atoms with Crippen LogP contribution in [0.5, 0.6) is 0 Å². The Kier molecular flexibility index (Phi) is 7.71. The second-order valence-electron chi connectivity index (χ2n) is 14.7. The van der Waals surface area contributed by atoms with Crippen LogP contribution in [0, 0.1) is 0 Å². The molecule has 2 aromatic heterocycles. The van der Waals surface area contributed by atoms with Crippen molar-refractivity contribution >= 4 is 39.0 Å². The van der Waals surface area contributed by atoms with E-state index in [-0.39, 0.29) is 0 Å². The molecule has 0 amide bonds. The SMILES string of the molecule is c1ccc(C2(c3ccc(N(c4ccc(-c5cccc6c5oc5ccccc56)cc4)c4cccc(-c5cccnc5)c4)cc3)c3ccccc3-c3ccccc32)cc1. The van der Waals surface area contributed by atoms with Crippen molar-refractivity contribution < 1.29 is 4.42 Å². The minimum absolute atomic E-state index is 0.461. The zero-order valence-corrected chi connectivity index (χ0v) is 31.1. The lowest BCUT2D eigenvalue weighted by molar-refractivity contribution is 0.670. The van der Waals surface area contributed by atoms with Crippen molar-refractivity contribution in [3.05, 3.63) is 241 Å². The third-order valence-electron chi connectivity index (χ3n) is 11.7. The van der Waals surface area contributed by atoms with E-state index in [4.69, 9.17) is 4.42 Å². The van der Waals surface area contributed by atoms with Crippen LogP contribution in [0.1, 0.15) is 22.3 Å². The smallest absolute Gasteiger partial charge is 0.143 e. The third kappa shape index (κ3) is 5.24. The number of rotatable bonds is 7. The van der Waals surface area contributed by atoms with Crippen molar-refractivity contribution in [2.24, 2.45) is 0 Å². The van der Waals surface area contributed by atoms with Crippen LogP contribution in [0.15, 0.2) is 223 Å². The maximum atomic E-state index is 6.43. The Morgan fingerprint density at radius 1 is 0.404 bits per heavy atom. The lowest BCUT2D eigenvalue weighted by Crippen LogP contribution is -2.28. The van der Waals surface area contributed by atoms with E-state index >= 15 is 0 Å². The van der Waals surface area contributed by atoms with Crippen molar-refractivity contribution in [3.63, 3.8) is 0 Å². The minimum Gasteiger partial charge on any atom is -0.455 e. The van der Waals surface area contributed by atoms with Gasteiger partial charge in [0.25, 0.3) is 0 Å². The first-order valence-corrected chi connectivity index (χ1v) is 19.4. The van der Waals surface area contributed by atoms with Crippen LogP contribution in [0.3, 0.4) is 0 Å². The highest BCUT2D eigenvalue weighted by atomic mass is 16.3. The highest BCUT2D eigenvalue weighted by Gasteiger charge is 2.45. The molecule has 0 saturated carbocycles. The predicted molar refractivity (Wildman–Crippen MR) is 234 cm³/mol. The molecular formula is C54H36N2O. The molecule has 0 aliphatic heterocycles. The molecule has 8 aromatic carbocycles. The predicted octanol–water partition coefficient (Wildman–Crippen LogP) is 14.1. The lowest BCUT2D eigenvalue weighted by Gasteiger charge is -2.34. The summed E-state index contributed by atoms with van der Waals surface area (Å²) in [5.74, 6) is 0. The fourth-order valence-corrected chi connectivity index (χ4v) is 9.14. The topological polar surface area (TPSA) is 29.3 Å². The molecule has 1 aliphatic rings. The summed E-state index contributed by atoms with van der Waals surface area (Å²) in [6.45, 7) is 0. The highest BCUT2D eigenvalue weighted by Crippen LogP contribution is 2.56. The van der Waals surface area contributed by atoms with Crippen molar-refractivity contribution in [3.8, 4) is 33.4 Å². The van der Waals surface area contributed by atoms with Crippen LogP contribution >= 0.6 is 0 Å². The van der Waals surface area contributed by atoms with Gasteiger partial charge in [0.05, 0.1) is 5.41 Å². The summed E-state index contributed by atoms with van der Waals surface area (Å²) in [6.07, 6.45) is 3.74. The van der Waals surface area contributed by atoms with Crippen LogP contribution in [0.25, 0.3) is 55.3 Å². The number of hydrogen-bond donors (Lipinski definition) is 0. The molecule has 268 valence electrons. The van der Waals surface area contributed by atoms with Gasteiger partial charge in [0.15, 0.2) is 0 Å². The quantitative estimate of drug-likeness (QED) is 0.164. The number of para-hydroxylation sites is 2. The molecule has 57 heavy (non-hydrogen) atoms. The Balaban J connectivity index is 1.06. The highest BCUT2D eigenvalue weighted by molar-refractivity contribution is 6.09. The number of nitrogens with zero attached hydrogens (tertiary/aromatic N) is 2. The summed E-state index contributed by atoms with van der Waals surface area (Å²) in [5, 5.41) is 2.26. The van der Waals surface area contributed by atoms with Gasteiger partial charge >= 0.3 is 0 Å². The second kappa shape index (κ2) is 13.4. The Morgan fingerprint density at radius 2 is 1.00 bits per heavy atom. The van der Waals surface area contributed by atoms with Crippen LogP contribution in [0.4, 0.5) is 17.1 Å². The average Bonchev–Trinajstić information content (AvgIpc) is 3.82. The normalized spacial score (nSPS) is 12.7. The summed E-state index contributed by atoms with van der Waals surface area (Å²) < 4.78 is 6.43. The number of anilines is 3. The molecule has 0 unspecified atom stereocenters. The average molecular weight is 729 g/mol. The van der Waals surface area contributed by atoms with Gasteiger partial charge in [0.2, 0.25) is 0 Å². The summed E-state index contributed by atoms with van der Waals surface area (Å²) in [7, 11) is 0. The number of aromatic nitrogens is 1. The number of fused-ring (bicyclic) bond motifs is 6. The summed E-state index contributed by atoms with van der Waals surface area (Å²) in [5.41, 5.74) is 16.6. The molecule has 1 aliphatic carbocycles. The van der Waals surface area contributed by atoms with E-state index in [0.29, 0.717) is 0 Å². The molecule has 0 fully saturated rings. The first-order chi connectivity index (χ1) is 28.3. The lowest BCUT2D eigenvalue weighted by atomic mass is 9.68. The molecule has 0 N–H and O–H groups in total. The Morgan fingerprint density at radius 3 is 1.74 bits per heavy atom. The van der Waals surface area contributed by atoms with E-state index in [9.17, 15) is 0 Å². The Hall–Kier alpha value is -7.49. The molecular weight excluding hydrogens is 693 g/mol. The summed E-state index contributed by atoms with van der Waals surface area (Å²) in [6, 6.07) is 74.3. The van der Waals surface area contributed by atoms with Crippen molar-refractivity contribution in [1.82, 2.24) is 4.98 Å². The van der Waals surface area contributed by atoms with Crippen LogP contribution < -0.4 is 4.90 Å². The maximum Gasteiger partial charge on any atom is 0.143 e. The first kappa shape index (κ1) is 32.9. The number of benzene rings is 8. The molecule has 2 heterocycles. The fourth-order valence-electron chi connectivity index (χ4n) is 9.14. The Labute approximate surface area is 331 Å². The molecule has 3 heteroatoms. The van der Waals surface area contributed by atoms with Gasteiger partial charge in [-0.3, -0.25) is 4.98 Å². The van der Waals surface area contributed by atoms with Gasteiger partial charge in [-0.1, -0.05) is 158 Å². The van der Waals surface area contributed by atoms with E-state index in [0.717, 1.165) is 61.3 Å². The van der Waals surface area contributed by atoms with Gasteiger partial charge in [-0.2, -0.15) is 0 Å². The molecule has 3 nitrogen and oxygen atoms in total. The molecule has 11 rings (SSSR count). The molecule has 0 spiro atoms. The minimum atomic E-state index is -0.461. The standard InChI is InChI=1S/C54H36N2O/c1-2-15-40(16-3-1)54(50-23-7-4-18-46(50)47-19-5-8-24-51(47)54)41-28-32-43(33-29-41)56(44-17-10-13-38(35-44)39-14-12-34-55-36-39)42-30-26-37(27-31-42)45-21-11-22-49-48-20-6-9-25-52(48)57-53(45)49/h1-36H. The van der Waals surface area contributed by atoms with Crippen LogP contribution in [-0.2, 0) is 5.41 Å². The molecule has 0 saturated heterocycles. The van der Waals surface area contributed by atoms with Gasteiger partial charge in [0.1, 0.15) is 11.2 Å². The van der Waals surface area contributed by atoms with Crippen molar-refractivity contribution in [1.29, 1.82) is 0 Å². The van der Waals surface area contributed by atoms with Gasteiger partial charge < -0.3 is 9.32 Å². The van der Waals surface area contributed by atoms with Gasteiger partial charge in [0, 0.05) is 51.4 Å². The maximum absolute atomic E-state index is 6.43. The van der Waals surface area contributed by atoms with Gasteiger partial charge in [-0.25, -0.2) is 0 Å². The second-order valence-corrected chi connectivity index (χ2v) is 14.7. The van der Waals surface area contributed by atoms with E-state index in [2.05, 4.69) is 198 Å². The van der Waals surface area contributed by atoms with Crippen molar-refractivity contribution in [2.45, 2.75) is 5.41 Å². The fraction of sp³-hybridized carbons (Fsp3) is 0.0185. The van der Waals surface area contributed by atoms with E-state index in [1.54, 1.807) is 0 Å². The monoisotopic (exact) mass is 728 g/mol. The summed E-state index contributed by atoms with van der Waals surface area (Å²) >= 11 is 0. The zero-order valence-electron chi connectivity index (χ0n) is 31.1. The zero-order chi connectivity index (χ0) is 37.8. The van der Waals surface area contributed by atoms with E-state index < -0.39 is 5.41 Å². The Bertz CT molecular complexity index is 3010. The van der Waals surface area contributed by atoms with Crippen molar-refractivity contribution in [2.75, 3.05) is 4.90 Å². The molecule has 0 atom stereocenters. The molecule has 0 radical (unpaired) electrons. The number of pyridine rings is 1. The molecule has 0 bridgehead atoms. The van der Waals surface area contributed by atoms with E-state index in [1.165, 1.54) is 33.4 Å². The van der Waals surface area contributed by atoms with Gasteiger partial charge in [-0.15, -0.1) is 0 Å². The largest absolute Gasteiger partial charge is 0.455 e. The number of furan rings is 1.